The molecule has 2 rings (SSSR count). The number of aromatic nitrogens is 2. The number of rotatable bonds is 3. The summed E-state index contributed by atoms with van der Waals surface area (Å²) in [5.41, 5.74) is 4.72. The van der Waals surface area contributed by atoms with Crippen LogP contribution >= 0.6 is 11.6 Å². The van der Waals surface area contributed by atoms with E-state index in [0.717, 1.165) is 17.9 Å². The summed E-state index contributed by atoms with van der Waals surface area (Å²) in [4.78, 5) is 8.66. The Balaban J connectivity index is 2.22. The van der Waals surface area contributed by atoms with E-state index in [-0.39, 0.29) is 0 Å². The summed E-state index contributed by atoms with van der Waals surface area (Å²) in [6.45, 7) is 4.23. The molecule has 0 aliphatic carbocycles. The summed E-state index contributed by atoms with van der Waals surface area (Å²) in [5.74, 6) is 1.26. The maximum atomic E-state index is 5.76. The number of halogens is 1. The Kier molecular flexibility index (Phi) is 3.75. The Morgan fingerprint density at radius 1 is 1.12 bits per heavy atom. The van der Waals surface area contributed by atoms with Crippen molar-refractivity contribution < 1.29 is 0 Å². The van der Waals surface area contributed by atoms with E-state index in [1.54, 1.807) is 6.20 Å². The maximum Gasteiger partial charge on any atom is 0.132 e. The summed E-state index contributed by atoms with van der Waals surface area (Å²) in [7, 11) is 0. The number of benzene rings is 1. The topological polar surface area (TPSA) is 25.8 Å². The fraction of sp³-hybridized carbons (Fsp3) is 0.286. The van der Waals surface area contributed by atoms with E-state index in [9.17, 15) is 0 Å². The second-order valence-electron chi connectivity index (χ2n) is 4.19. The quantitative estimate of drug-likeness (QED) is 0.776. The predicted molar refractivity (Wildman–Crippen MR) is 70.3 cm³/mol. The van der Waals surface area contributed by atoms with Crippen LogP contribution < -0.4 is 0 Å². The van der Waals surface area contributed by atoms with E-state index in [4.69, 9.17) is 11.6 Å². The van der Waals surface area contributed by atoms with Crippen molar-refractivity contribution >= 4 is 11.6 Å². The molecule has 88 valence electrons. The van der Waals surface area contributed by atoms with Gasteiger partial charge in [-0.3, -0.25) is 0 Å². The molecule has 0 unspecified atom stereocenters. The second kappa shape index (κ2) is 5.28. The highest BCUT2D eigenvalue weighted by Crippen LogP contribution is 2.12. The fourth-order valence-electron chi connectivity index (χ4n) is 1.70. The van der Waals surface area contributed by atoms with Crippen LogP contribution in [-0.2, 0) is 12.3 Å². The van der Waals surface area contributed by atoms with E-state index in [2.05, 4.69) is 42.0 Å². The molecule has 17 heavy (non-hydrogen) atoms. The molecule has 2 nitrogen and oxygen atoms in total. The first-order chi connectivity index (χ1) is 8.19. The van der Waals surface area contributed by atoms with Crippen LogP contribution in [0.4, 0.5) is 0 Å². The Hall–Kier alpha value is -1.41. The third-order valence-corrected chi connectivity index (χ3v) is 3.11. The lowest BCUT2D eigenvalue weighted by Crippen LogP contribution is -1.99. The zero-order chi connectivity index (χ0) is 12.3. The number of alkyl halides is 1. The first-order valence-electron chi connectivity index (χ1n) is 5.62. The molecule has 0 saturated carbocycles. The van der Waals surface area contributed by atoms with E-state index < -0.39 is 0 Å². The highest BCUT2D eigenvalue weighted by molar-refractivity contribution is 6.16. The van der Waals surface area contributed by atoms with Crippen LogP contribution in [0.1, 0.15) is 28.2 Å². The molecule has 1 aromatic carbocycles. The zero-order valence-electron chi connectivity index (χ0n) is 10.1. The van der Waals surface area contributed by atoms with Crippen molar-refractivity contribution in [2.75, 3.05) is 0 Å². The number of hydrogen-bond donors (Lipinski definition) is 0. The molecule has 0 saturated heterocycles. The summed E-state index contributed by atoms with van der Waals surface area (Å²) in [5, 5.41) is 0. The van der Waals surface area contributed by atoms with Gasteiger partial charge < -0.3 is 0 Å². The van der Waals surface area contributed by atoms with Gasteiger partial charge in [0.2, 0.25) is 0 Å². The largest absolute Gasteiger partial charge is 0.241 e. The fourth-order valence-corrected chi connectivity index (χ4v) is 1.85. The van der Waals surface area contributed by atoms with Gasteiger partial charge in [-0.15, -0.1) is 11.6 Å². The smallest absolute Gasteiger partial charge is 0.132 e. The third kappa shape index (κ3) is 3.04. The molecule has 0 bridgehead atoms. The van der Waals surface area contributed by atoms with Crippen molar-refractivity contribution in [1.29, 1.82) is 0 Å². The normalized spacial score (nSPS) is 10.5. The zero-order valence-corrected chi connectivity index (χ0v) is 10.8. The second-order valence-corrected chi connectivity index (χ2v) is 4.46. The van der Waals surface area contributed by atoms with Crippen molar-refractivity contribution in [1.82, 2.24) is 9.97 Å². The molecule has 0 fully saturated rings. The van der Waals surface area contributed by atoms with Crippen molar-refractivity contribution in [2.24, 2.45) is 0 Å². The van der Waals surface area contributed by atoms with Crippen molar-refractivity contribution in [3.63, 3.8) is 0 Å². The molecule has 1 aromatic heterocycles. The molecule has 3 heteroatoms. The monoisotopic (exact) mass is 246 g/mol. The van der Waals surface area contributed by atoms with Gasteiger partial charge in [0.15, 0.2) is 0 Å². The lowest BCUT2D eigenvalue weighted by molar-refractivity contribution is 0.934. The molecular weight excluding hydrogens is 232 g/mol. The standard InChI is InChI=1S/C14H15ClN2/c1-10-3-4-12(7-11(10)2)8-14-16-6-5-13(9-15)17-14/h3-7H,8-9H2,1-2H3. The summed E-state index contributed by atoms with van der Waals surface area (Å²) >= 11 is 5.76. The Morgan fingerprint density at radius 2 is 1.94 bits per heavy atom. The molecule has 0 amide bonds. The summed E-state index contributed by atoms with van der Waals surface area (Å²) < 4.78 is 0. The molecule has 0 N–H and O–H groups in total. The molecule has 0 spiro atoms. The predicted octanol–water partition coefficient (Wildman–Crippen LogP) is 3.42. The van der Waals surface area contributed by atoms with Crippen molar-refractivity contribution in [3.8, 4) is 0 Å². The summed E-state index contributed by atoms with van der Waals surface area (Å²) in [6, 6.07) is 8.29. The van der Waals surface area contributed by atoms with Gasteiger partial charge in [0.25, 0.3) is 0 Å². The van der Waals surface area contributed by atoms with Gasteiger partial charge in [0.1, 0.15) is 5.82 Å². The Bertz CT molecular complexity index is 523. The van der Waals surface area contributed by atoms with Crippen LogP contribution in [0.2, 0.25) is 0 Å². The lowest BCUT2D eigenvalue weighted by Gasteiger charge is -2.05. The minimum absolute atomic E-state index is 0.433. The third-order valence-electron chi connectivity index (χ3n) is 2.83. The van der Waals surface area contributed by atoms with Gasteiger partial charge in [0, 0.05) is 12.6 Å². The Morgan fingerprint density at radius 3 is 2.65 bits per heavy atom. The highest BCUT2D eigenvalue weighted by Gasteiger charge is 2.02. The number of hydrogen-bond acceptors (Lipinski definition) is 2. The average Bonchev–Trinajstić information content (AvgIpc) is 2.34. The number of aryl methyl sites for hydroxylation is 2. The van der Waals surface area contributed by atoms with E-state index in [0.29, 0.717) is 5.88 Å². The van der Waals surface area contributed by atoms with Crippen molar-refractivity contribution in [3.05, 3.63) is 58.7 Å². The molecule has 2 aromatic rings. The highest BCUT2D eigenvalue weighted by atomic mass is 35.5. The molecular formula is C14H15ClN2. The molecule has 0 atom stereocenters. The molecule has 1 heterocycles. The summed E-state index contributed by atoms with van der Waals surface area (Å²) in [6.07, 6.45) is 2.52. The van der Waals surface area contributed by atoms with Gasteiger partial charge in [-0.05, 0) is 36.6 Å². The minimum atomic E-state index is 0.433. The molecule has 0 radical (unpaired) electrons. The van der Waals surface area contributed by atoms with Gasteiger partial charge >= 0.3 is 0 Å². The van der Waals surface area contributed by atoms with E-state index in [1.807, 2.05) is 6.07 Å². The number of nitrogens with zero attached hydrogens (tertiary/aromatic N) is 2. The molecule has 0 aliphatic rings. The van der Waals surface area contributed by atoms with Gasteiger partial charge in [-0.1, -0.05) is 18.2 Å². The average molecular weight is 247 g/mol. The van der Waals surface area contributed by atoms with Crippen molar-refractivity contribution in [2.45, 2.75) is 26.1 Å². The first kappa shape index (κ1) is 12.1. The van der Waals surface area contributed by atoms with Gasteiger partial charge in [-0.25, -0.2) is 9.97 Å². The van der Waals surface area contributed by atoms with Gasteiger partial charge in [-0.2, -0.15) is 0 Å². The lowest BCUT2D eigenvalue weighted by atomic mass is 10.0. The first-order valence-corrected chi connectivity index (χ1v) is 6.15. The van der Waals surface area contributed by atoms with Gasteiger partial charge in [0.05, 0.1) is 11.6 Å². The maximum absolute atomic E-state index is 5.76. The van der Waals surface area contributed by atoms with Crippen LogP contribution in [0.3, 0.4) is 0 Å². The SMILES string of the molecule is Cc1ccc(Cc2nccc(CCl)n2)cc1C. The van der Waals surface area contributed by atoms with E-state index >= 15 is 0 Å². The minimum Gasteiger partial charge on any atom is -0.241 e. The Labute approximate surface area is 107 Å². The van der Waals surface area contributed by atoms with E-state index in [1.165, 1.54) is 16.7 Å². The molecule has 0 aliphatic heterocycles. The van der Waals surface area contributed by atoms with Crippen LogP contribution in [0.15, 0.2) is 30.5 Å². The van der Waals surface area contributed by atoms with Crippen LogP contribution in [0.25, 0.3) is 0 Å². The van der Waals surface area contributed by atoms with Crippen LogP contribution in [0.5, 0.6) is 0 Å². The van der Waals surface area contributed by atoms with Crippen LogP contribution in [-0.4, -0.2) is 9.97 Å². The van der Waals surface area contributed by atoms with Crippen LogP contribution in [0, 0.1) is 13.8 Å².